The third-order valence-electron chi connectivity index (χ3n) is 6.84. The lowest BCUT2D eigenvalue weighted by Crippen LogP contribution is -2.54. The number of benzene rings is 4. The highest BCUT2D eigenvalue weighted by Crippen LogP contribution is 2.31. The van der Waals surface area contributed by atoms with Crippen molar-refractivity contribution in [2.24, 2.45) is 0 Å². The van der Waals surface area contributed by atoms with Crippen LogP contribution < -0.4 is 29.7 Å². The number of anilines is 2. The highest BCUT2D eigenvalue weighted by molar-refractivity contribution is 6.39. The number of nitrogens with zero attached hydrogens (tertiary/aromatic N) is 1. The van der Waals surface area contributed by atoms with Crippen LogP contribution in [0.2, 0.25) is 5.02 Å². The van der Waals surface area contributed by atoms with Crippen molar-refractivity contribution in [2.75, 3.05) is 23.4 Å². The van der Waals surface area contributed by atoms with E-state index in [0.717, 1.165) is 16.0 Å². The minimum atomic E-state index is -0.866. The quantitative estimate of drug-likeness (QED) is 0.146. The molecule has 11 heteroatoms. The second-order valence-electron chi connectivity index (χ2n) is 10.2. The Kier molecular flexibility index (Phi) is 9.99. The average molecular weight is 640 g/mol. The Hall–Kier alpha value is -5.61. The molecule has 1 aliphatic rings. The van der Waals surface area contributed by atoms with E-state index in [1.165, 1.54) is 6.08 Å². The lowest BCUT2D eigenvalue weighted by atomic mass is 10.1. The summed E-state index contributed by atoms with van der Waals surface area (Å²) in [4.78, 5) is 52.2. The third kappa shape index (κ3) is 7.72. The van der Waals surface area contributed by atoms with Gasteiger partial charge in [-0.25, -0.2) is 9.69 Å². The lowest BCUT2D eigenvalue weighted by Gasteiger charge is -2.26. The number of imide groups is 2. The van der Waals surface area contributed by atoms with Gasteiger partial charge in [0.1, 0.15) is 17.9 Å². The van der Waals surface area contributed by atoms with Crippen LogP contribution in [0.3, 0.4) is 0 Å². The zero-order chi connectivity index (χ0) is 32.6. The molecular formula is C35H30ClN3O7. The maximum atomic E-state index is 13.4. The predicted molar refractivity (Wildman–Crippen MR) is 174 cm³/mol. The molecule has 0 aliphatic carbocycles. The van der Waals surface area contributed by atoms with Gasteiger partial charge >= 0.3 is 6.03 Å². The number of barbiturate groups is 1. The Balaban J connectivity index is 1.28. The van der Waals surface area contributed by atoms with E-state index in [1.54, 1.807) is 67.6 Å². The Morgan fingerprint density at radius 1 is 0.891 bits per heavy atom. The van der Waals surface area contributed by atoms with Crippen LogP contribution in [0, 0.1) is 6.92 Å². The van der Waals surface area contributed by atoms with E-state index in [2.05, 4.69) is 10.6 Å². The smallest absolute Gasteiger partial charge is 0.335 e. The molecule has 4 aromatic carbocycles. The van der Waals surface area contributed by atoms with Gasteiger partial charge in [-0.1, -0.05) is 54.1 Å². The van der Waals surface area contributed by atoms with Gasteiger partial charge < -0.3 is 19.5 Å². The number of rotatable bonds is 11. The van der Waals surface area contributed by atoms with E-state index in [0.29, 0.717) is 34.4 Å². The number of halogens is 1. The van der Waals surface area contributed by atoms with Crippen LogP contribution >= 0.6 is 11.6 Å². The van der Waals surface area contributed by atoms with Gasteiger partial charge in [-0.2, -0.15) is 0 Å². The van der Waals surface area contributed by atoms with Crippen molar-refractivity contribution in [3.05, 3.63) is 118 Å². The number of urea groups is 1. The number of hydrogen-bond acceptors (Lipinski definition) is 7. The fraction of sp³-hybridized carbons (Fsp3) is 0.143. The number of aryl methyl sites for hydroxylation is 1. The van der Waals surface area contributed by atoms with Crippen LogP contribution in [0.4, 0.5) is 16.2 Å². The molecule has 1 fully saturated rings. The first kappa shape index (κ1) is 31.8. The van der Waals surface area contributed by atoms with Crippen molar-refractivity contribution < 1.29 is 33.4 Å². The molecule has 1 heterocycles. The molecule has 0 saturated carbocycles. The normalized spacial score (nSPS) is 13.8. The molecule has 10 nitrogen and oxygen atoms in total. The minimum Gasteiger partial charge on any atom is -0.490 e. The van der Waals surface area contributed by atoms with E-state index in [4.69, 9.17) is 25.8 Å². The summed E-state index contributed by atoms with van der Waals surface area (Å²) in [7, 11) is 0. The van der Waals surface area contributed by atoms with Crippen molar-refractivity contribution in [2.45, 2.75) is 20.5 Å². The zero-order valence-electron chi connectivity index (χ0n) is 25.0. The van der Waals surface area contributed by atoms with E-state index in [1.807, 2.05) is 37.3 Å². The first-order valence-corrected chi connectivity index (χ1v) is 14.7. The summed E-state index contributed by atoms with van der Waals surface area (Å²) in [5, 5.41) is 5.47. The largest absolute Gasteiger partial charge is 0.490 e. The molecule has 1 aliphatic heterocycles. The Labute approximate surface area is 270 Å². The molecule has 5 rings (SSSR count). The van der Waals surface area contributed by atoms with Crippen molar-refractivity contribution in [1.82, 2.24) is 5.32 Å². The summed E-state index contributed by atoms with van der Waals surface area (Å²) in [6, 6.07) is 25.1. The number of ether oxygens (including phenoxy) is 3. The summed E-state index contributed by atoms with van der Waals surface area (Å²) in [6.07, 6.45) is 1.36. The standard InChI is InChI=1S/C35H30ClN3O7/c1-3-44-31-18-24(10-16-30(31)46-21-32(40)37-25-11-9-22(2)29(36)19-25)17-28-33(41)38-35(43)39(34(28)42)26-12-14-27(15-13-26)45-20-23-7-5-4-6-8-23/h4-19H,3,20-21H2,1-2H3,(H,37,40)(H,38,41,43)/b28-17-. The molecule has 4 aromatic rings. The fourth-order valence-electron chi connectivity index (χ4n) is 4.50. The molecule has 234 valence electrons. The van der Waals surface area contributed by atoms with Gasteiger partial charge in [0, 0.05) is 10.7 Å². The van der Waals surface area contributed by atoms with Crippen LogP contribution in [-0.4, -0.2) is 37.0 Å². The molecule has 2 N–H and O–H groups in total. The van der Waals surface area contributed by atoms with Crippen molar-refractivity contribution >= 4 is 52.8 Å². The summed E-state index contributed by atoms with van der Waals surface area (Å²) in [6.45, 7) is 3.98. The molecule has 5 amide bonds. The van der Waals surface area contributed by atoms with E-state index >= 15 is 0 Å². The fourth-order valence-corrected chi connectivity index (χ4v) is 4.68. The van der Waals surface area contributed by atoms with Crippen LogP contribution in [0.25, 0.3) is 6.08 Å². The molecule has 0 atom stereocenters. The highest BCUT2D eigenvalue weighted by Gasteiger charge is 2.36. The second kappa shape index (κ2) is 14.4. The number of carbonyl (C=O) groups excluding carboxylic acids is 4. The monoisotopic (exact) mass is 639 g/mol. The van der Waals surface area contributed by atoms with Gasteiger partial charge in [0.15, 0.2) is 18.1 Å². The van der Waals surface area contributed by atoms with Gasteiger partial charge in [0.05, 0.1) is 12.3 Å². The number of carbonyl (C=O) groups is 4. The lowest BCUT2D eigenvalue weighted by molar-refractivity contribution is -0.122. The molecule has 0 unspecified atom stereocenters. The summed E-state index contributed by atoms with van der Waals surface area (Å²) >= 11 is 6.14. The Morgan fingerprint density at radius 3 is 2.37 bits per heavy atom. The summed E-state index contributed by atoms with van der Waals surface area (Å²) < 4.78 is 17.2. The topological polar surface area (TPSA) is 123 Å². The summed E-state index contributed by atoms with van der Waals surface area (Å²) in [5.41, 5.74) is 2.86. The SMILES string of the molecule is CCOc1cc(/C=C2/C(=O)NC(=O)N(c3ccc(OCc4ccccc4)cc3)C2=O)ccc1OCC(=O)Nc1ccc(C)c(Cl)c1. The number of nitrogens with one attached hydrogen (secondary N) is 2. The van der Waals surface area contributed by atoms with E-state index < -0.39 is 23.8 Å². The van der Waals surface area contributed by atoms with E-state index in [-0.39, 0.29) is 30.2 Å². The van der Waals surface area contributed by atoms with Gasteiger partial charge in [-0.3, -0.25) is 19.7 Å². The maximum absolute atomic E-state index is 13.4. The first-order chi connectivity index (χ1) is 22.2. The number of amides is 5. The average Bonchev–Trinajstić information content (AvgIpc) is 3.04. The molecule has 0 aromatic heterocycles. The van der Waals surface area contributed by atoms with Crippen LogP contribution in [0.1, 0.15) is 23.6 Å². The molecule has 1 saturated heterocycles. The van der Waals surface area contributed by atoms with Gasteiger partial charge in [0.2, 0.25) is 0 Å². The molecule has 0 bridgehead atoms. The Morgan fingerprint density at radius 2 is 1.65 bits per heavy atom. The predicted octanol–water partition coefficient (Wildman–Crippen LogP) is 6.31. The number of hydrogen-bond donors (Lipinski definition) is 2. The van der Waals surface area contributed by atoms with Crippen molar-refractivity contribution in [3.63, 3.8) is 0 Å². The van der Waals surface area contributed by atoms with Crippen molar-refractivity contribution in [3.8, 4) is 17.2 Å². The van der Waals surface area contributed by atoms with Gasteiger partial charge in [-0.15, -0.1) is 0 Å². The first-order valence-electron chi connectivity index (χ1n) is 14.4. The molecular weight excluding hydrogens is 610 g/mol. The van der Waals surface area contributed by atoms with Gasteiger partial charge in [0.25, 0.3) is 17.7 Å². The molecule has 46 heavy (non-hydrogen) atoms. The van der Waals surface area contributed by atoms with E-state index in [9.17, 15) is 19.2 Å². The molecule has 0 radical (unpaired) electrons. The van der Waals surface area contributed by atoms with Crippen LogP contribution in [-0.2, 0) is 21.0 Å². The second-order valence-corrected chi connectivity index (χ2v) is 10.6. The zero-order valence-corrected chi connectivity index (χ0v) is 25.8. The third-order valence-corrected chi connectivity index (χ3v) is 7.25. The van der Waals surface area contributed by atoms with Crippen LogP contribution in [0.15, 0.2) is 96.6 Å². The molecule has 0 spiro atoms. The summed E-state index contributed by atoms with van der Waals surface area (Å²) in [5.74, 6) is -0.901. The van der Waals surface area contributed by atoms with Crippen LogP contribution in [0.5, 0.6) is 17.2 Å². The van der Waals surface area contributed by atoms with Gasteiger partial charge in [-0.05, 0) is 85.1 Å². The minimum absolute atomic E-state index is 0.253. The van der Waals surface area contributed by atoms with Crippen molar-refractivity contribution in [1.29, 1.82) is 0 Å². The Bertz CT molecular complexity index is 1810. The highest BCUT2D eigenvalue weighted by atomic mass is 35.5. The maximum Gasteiger partial charge on any atom is 0.335 e.